The van der Waals surface area contributed by atoms with Crippen LogP contribution in [0.25, 0.3) is 66.8 Å². The van der Waals surface area contributed by atoms with Gasteiger partial charge in [0.1, 0.15) is 0 Å². The molecule has 1 heteroatoms. The summed E-state index contributed by atoms with van der Waals surface area (Å²) in [4.78, 5) is 2.58. The van der Waals surface area contributed by atoms with E-state index in [0.717, 1.165) is 11.4 Å². The van der Waals surface area contributed by atoms with E-state index in [9.17, 15) is 0 Å². The lowest BCUT2D eigenvalue weighted by atomic mass is 9.66. The van der Waals surface area contributed by atoms with Crippen LogP contribution in [0.15, 0.2) is 273 Å². The smallest absolute Gasteiger partial charge is 0.0714 e. The summed E-state index contributed by atoms with van der Waals surface area (Å²) in [6.45, 7) is 4.88. The Morgan fingerprint density at radius 3 is 1.10 bits per heavy atom. The van der Waals surface area contributed by atoms with Crippen LogP contribution < -0.4 is 4.90 Å². The number of rotatable bonds is 9. The molecule has 0 heterocycles. The van der Waals surface area contributed by atoms with Crippen LogP contribution in [0.5, 0.6) is 0 Å². The second kappa shape index (κ2) is 17.0. The lowest BCUT2D eigenvalue weighted by Gasteiger charge is -2.36. The lowest BCUT2D eigenvalue weighted by molar-refractivity contribution is 0.656. The van der Waals surface area contributed by atoms with Crippen molar-refractivity contribution in [2.24, 2.45) is 0 Å². The number of anilines is 3. The van der Waals surface area contributed by atoms with Gasteiger partial charge in [-0.25, -0.2) is 0 Å². The van der Waals surface area contributed by atoms with Gasteiger partial charge in [-0.1, -0.05) is 257 Å². The Morgan fingerprint density at radius 1 is 0.268 bits per heavy atom. The first-order valence-corrected chi connectivity index (χ1v) is 24.8. The van der Waals surface area contributed by atoms with Gasteiger partial charge in [-0.3, -0.25) is 0 Å². The predicted molar refractivity (Wildman–Crippen MR) is 298 cm³/mol. The summed E-state index contributed by atoms with van der Waals surface area (Å²) >= 11 is 0. The van der Waals surface area contributed by atoms with Crippen molar-refractivity contribution < 1.29 is 0 Å². The topological polar surface area (TPSA) is 3.24 Å². The molecule has 2 aliphatic carbocycles. The molecular formula is C70H51N. The quantitative estimate of drug-likeness (QED) is 0.139. The van der Waals surface area contributed by atoms with Crippen LogP contribution in [0.1, 0.15) is 47.2 Å². The first kappa shape index (κ1) is 42.3. The maximum Gasteiger partial charge on any atom is 0.0714 e. The minimum absolute atomic E-state index is 0.342. The third-order valence-electron chi connectivity index (χ3n) is 15.4. The Hall–Kier alpha value is -8.78. The van der Waals surface area contributed by atoms with Crippen molar-refractivity contribution in [3.05, 3.63) is 306 Å². The summed E-state index contributed by atoms with van der Waals surface area (Å²) in [6.07, 6.45) is 0. The second-order valence-corrected chi connectivity index (χ2v) is 19.6. The van der Waals surface area contributed by atoms with Gasteiger partial charge in [-0.2, -0.15) is 0 Å². The maximum absolute atomic E-state index is 2.61. The Labute approximate surface area is 417 Å². The Morgan fingerprint density at radius 2 is 0.620 bits per heavy atom. The van der Waals surface area contributed by atoms with E-state index in [1.165, 1.54) is 106 Å². The van der Waals surface area contributed by atoms with E-state index in [0.29, 0.717) is 0 Å². The molecule has 71 heavy (non-hydrogen) atoms. The lowest BCUT2D eigenvalue weighted by Crippen LogP contribution is -2.29. The van der Waals surface area contributed by atoms with Gasteiger partial charge < -0.3 is 4.90 Å². The molecule has 0 saturated heterocycles. The van der Waals surface area contributed by atoms with E-state index in [2.05, 4.69) is 292 Å². The highest BCUT2D eigenvalue weighted by molar-refractivity contribution is 6.07. The van der Waals surface area contributed by atoms with Gasteiger partial charge >= 0.3 is 0 Å². The molecule has 11 aromatic carbocycles. The molecule has 13 rings (SSSR count). The molecule has 0 N–H and O–H groups in total. The summed E-state index contributed by atoms with van der Waals surface area (Å²) in [7, 11) is 0. The molecule has 0 bridgehead atoms. The van der Waals surface area contributed by atoms with Crippen LogP contribution in [-0.2, 0) is 10.8 Å². The van der Waals surface area contributed by atoms with Gasteiger partial charge in [0.15, 0.2) is 0 Å². The van der Waals surface area contributed by atoms with Crippen molar-refractivity contribution in [3.63, 3.8) is 0 Å². The van der Waals surface area contributed by atoms with E-state index >= 15 is 0 Å². The first-order valence-electron chi connectivity index (χ1n) is 24.8. The molecule has 0 fully saturated rings. The molecule has 0 atom stereocenters. The van der Waals surface area contributed by atoms with Gasteiger partial charge in [-0.15, -0.1) is 0 Å². The zero-order valence-corrected chi connectivity index (χ0v) is 39.9. The van der Waals surface area contributed by atoms with E-state index in [4.69, 9.17) is 0 Å². The molecule has 0 radical (unpaired) electrons. The Balaban J connectivity index is 1.11. The predicted octanol–water partition coefficient (Wildman–Crippen LogP) is 18.5. The third-order valence-corrected chi connectivity index (χ3v) is 15.4. The highest BCUT2D eigenvalue weighted by Gasteiger charge is 2.51. The van der Waals surface area contributed by atoms with Gasteiger partial charge in [0.25, 0.3) is 0 Å². The Bertz CT molecular complexity index is 3670. The molecule has 0 saturated carbocycles. The van der Waals surface area contributed by atoms with Crippen molar-refractivity contribution in [1.29, 1.82) is 0 Å². The number of hydrogen-bond donors (Lipinski definition) is 0. The van der Waals surface area contributed by atoms with Crippen LogP contribution in [0.2, 0.25) is 0 Å². The van der Waals surface area contributed by atoms with Gasteiger partial charge in [-0.05, 0) is 119 Å². The van der Waals surface area contributed by atoms with Gasteiger partial charge in [0, 0.05) is 27.9 Å². The van der Waals surface area contributed by atoms with Gasteiger partial charge in [0.2, 0.25) is 0 Å². The zero-order chi connectivity index (χ0) is 47.5. The van der Waals surface area contributed by atoms with E-state index in [-0.39, 0.29) is 5.41 Å². The molecule has 336 valence electrons. The first-order chi connectivity index (χ1) is 35.0. The average molecular weight is 906 g/mol. The fourth-order valence-corrected chi connectivity index (χ4v) is 11.9. The molecule has 11 aromatic rings. The van der Waals surface area contributed by atoms with Crippen LogP contribution >= 0.6 is 0 Å². The van der Waals surface area contributed by atoms with Crippen molar-refractivity contribution in [3.8, 4) is 66.8 Å². The number of fused-ring (bicyclic) bond motifs is 6. The summed E-state index contributed by atoms with van der Waals surface area (Å²) < 4.78 is 0. The maximum atomic E-state index is 2.61. The van der Waals surface area contributed by atoms with E-state index in [1.807, 2.05) is 0 Å². The zero-order valence-electron chi connectivity index (χ0n) is 39.9. The van der Waals surface area contributed by atoms with Crippen LogP contribution in [0.3, 0.4) is 0 Å². The van der Waals surface area contributed by atoms with Crippen LogP contribution in [-0.4, -0.2) is 0 Å². The summed E-state index contributed by atoms with van der Waals surface area (Å²) in [5.74, 6) is 0. The average Bonchev–Trinajstić information content (AvgIpc) is 3.88. The van der Waals surface area contributed by atoms with E-state index < -0.39 is 5.41 Å². The fraction of sp³-hybridized carbons (Fsp3) is 0.0571. The van der Waals surface area contributed by atoms with Crippen LogP contribution in [0, 0.1) is 0 Å². The van der Waals surface area contributed by atoms with Crippen LogP contribution in [0.4, 0.5) is 17.1 Å². The van der Waals surface area contributed by atoms with Crippen molar-refractivity contribution in [2.75, 3.05) is 4.90 Å². The van der Waals surface area contributed by atoms with Gasteiger partial charge in [0.05, 0.1) is 11.1 Å². The molecule has 0 spiro atoms. The number of benzene rings is 11. The largest absolute Gasteiger partial charge is 0.309 e. The highest BCUT2D eigenvalue weighted by Crippen LogP contribution is 2.65. The molecule has 1 nitrogen and oxygen atoms in total. The second-order valence-electron chi connectivity index (χ2n) is 19.6. The highest BCUT2D eigenvalue weighted by atomic mass is 15.1. The summed E-state index contributed by atoms with van der Waals surface area (Å²) in [5.41, 5.74) is 24.9. The Kier molecular flexibility index (Phi) is 10.1. The SMILES string of the molecule is CC1(C)c2cc(-c3ccccc3)ccc2-c2c1cc1c(c2N(c2ccc(-c3ccccc3)cc2)c2ccc(-c3ccc(-c4ccccc4)cc3)cc2)-c2ccccc2C1(c1ccccc1)c1ccccc1. The van der Waals surface area contributed by atoms with Crippen molar-refractivity contribution >= 4 is 17.1 Å². The molecule has 2 aliphatic rings. The van der Waals surface area contributed by atoms with Crippen molar-refractivity contribution in [2.45, 2.75) is 24.7 Å². The summed E-state index contributed by atoms with van der Waals surface area (Å²) in [6, 6.07) is 101. The molecule has 0 amide bonds. The normalized spacial score (nSPS) is 13.4. The summed E-state index contributed by atoms with van der Waals surface area (Å²) in [5, 5.41) is 0. The molecule has 0 unspecified atom stereocenters. The standard InChI is InChI=1S/C70H51N/c1-69(2)63-46-55(50-24-12-5-13-25-50)40-45-61(63)66-64(69)47-65-67(60-30-18-19-31-62(60)70(65,56-26-14-6-15-27-56)57-28-16-7-17-29-57)68(66)71(58-41-36-53(37-42-58)49-22-10-4-11-23-49)59-43-38-54(39-44-59)52-34-32-51(33-35-52)48-20-8-3-9-21-48/h3-47H,1-2H3. The molecule has 0 aromatic heterocycles. The number of hydrogen-bond acceptors (Lipinski definition) is 1. The fourth-order valence-electron chi connectivity index (χ4n) is 11.9. The molecule has 0 aliphatic heterocycles. The minimum atomic E-state index is -0.600. The molecular weight excluding hydrogens is 855 g/mol. The minimum Gasteiger partial charge on any atom is -0.309 e. The monoisotopic (exact) mass is 905 g/mol. The van der Waals surface area contributed by atoms with Crippen molar-refractivity contribution in [1.82, 2.24) is 0 Å². The van der Waals surface area contributed by atoms with E-state index in [1.54, 1.807) is 0 Å². The third kappa shape index (κ3) is 6.84. The number of nitrogens with zero attached hydrogens (tertiary/aromatic N) is 1.